The second-order valence-corrected chi connectivity index (χ2v) is 3.66. The molecule has 1 aromatic heterocycles. The fraction of sp³-hybridized carbons (Fsp3) is 0.273. The summed E-state index contributed by atoms with van der Waals surface area (Å²) in [5.74, 6) is -0.240. The highest BCUT2D eigenvalue weighted by Gasteiger charge is 2.02. The van der Waals surface area contributed by atoms with Crippen molar-refractivity contribution in [3.05, 3.63) is 41.5 Å². The summed E-state index contributed by atoms with van der Waals surface area (Å²) in [5.41, 5.74) is 2.75. The van der Waals surface area contributed by atoms with Crippen molar-refractivity contribution in [3.8, 4) is 0 Å². The summed E-state index contributed by atoms with van der Waals surface area (Å²) in [5, 5.41) is 10.8. The van der Waals surface area contributed by atoms with Crippen molar-refractivity contribution in [1.29, 1.82) is 0 Å². The van der Waals surface area contributed by atoms with Crippen LogP contribution < -0.4 is 5.32 Å². The number of hydrogen-bond acceptors (Lipinski definition) is 3. The third-order valence-corrected chi connectivity index (χ3v) is 2.47. The first-order valence-corrected chi connectivity index (χ1v) is 5.00. The highest BCUT2D eigenvalue weighted by molar-refractivity contribution is 5.50. The largest absolute Gasteiger partial charge is 0.379 e. The molecule has 2 aromatic rings. The van der Waals surface area contributed by atoms with Crippen molar-refractivity contribution in [1.82, 2.24) is 15.0 Å². The third-order valence-electron chi connectivity index (χ3n) is 2.47. The fourth-order valence-corrected chi connectivity index (χ4v) is 1.44. The molecule has 84 valence electrons. The Hall–Kier alpha value is -1.91. The molecule has 0 saturated carbocycles. The van der Waals surface area contributed by atoms with Crippen molar-refractivity contribution >= 4 is 5.69 Å². The molecule has 4 nitrogen and oxygen atoms in total. The Kier molecular flexibility index (Phi) is 2.85. The Morgan fingerprint density at radius 2 is 2.25 bits per heavy atom. The summed E-state index contributed by atoms with van der Waals surface area (Å²) in [6, 6.07) is 4.68. The molecule has 0 unspecified atom stereocenters. The maximum Gasteiger partial charge on any atom is 0.125 e. The lowest BCUT2D eigenvalue weighted by atomic mass is 10.2. The van der Waals surface area contributed by atoms with E-state index in [-0.39, 0.29) is 5.82 Å². The molecule has 0 aliphatic heterocycles. The first-order chi connectivity index (χ1) is 7.66. The molecule has 0 aliphatic carbocycles. The van der Waals surface area contributed by atoms with E-state index in [4.69, 9.17) is 0 Å². The second-order valence-electron chi connectivity index (χ2n) is 3.66. The van der Waals surface area contributed by atoms with Gasteiger partial charge in [0.1, 0.15) is 5.82 Å². The highest BCUT2D eigenvalue weighted by Crippen LogP contribution is 2.16. The van der Waals surface area contributed by atoms with E-state index in [9.17, 15) is 4.39 Å². The van der Waals surface area contributed by atoms with Crippen molar-refractivity contribution in [2.45, 2.75) is 13.5 Å². The standard InChI is InChI=1S/C11H13FN4/c1-8-3-4-9(12)5-11(8)13-6-10-7-14-15-16(10)2/h3-5,7,13H,6H2,1-2H3. The van der Waals surface area contributed by atoms with Crippen LogP contribution in [-0.4, -0.2) is 15.0 Å². The molecule has 0 atom stereocenters. The number of rotatable bonds is 3. The van der Waals surface area contributed by atoms with Gasteiger partial charge in [-0.25, -0.2) is 4.39 Å². The van der Waals surface area contributed by atoms with Crippen LogP contribution in [0.2, 0.25) is 0 Å². The molecule has 0 saturated heterocycles. The Bertz CT molecular complexity index is 492. The van der Waals surface area contributed by atoms with Crippen LogP contribution in [0.5, 0.6) is 0 Å². The fourth-order valence-electron chi connectivity index (χ4n) is 1.44. The zero-order valence-corrected chi connectivity index (χ0v) is 9.24. The minimum atomic E-state index is -0.240. The van der Waals surface area contributed by atoms with Crippen LogP contribution in [0.3, 0.4) is 0 Å². The molecule has 0 spiro atoms. The zero-order valence-electron chi connectivity index (χ0n) is 9.24. The van der Waals surface area contributed by atoms with E-state index in [0.717, 1.165) is 16.9 Å². The van der Waals surface area contributed by atoms with E-state index >= 15 is 0 Å². The maximum absolute atomic E-state index is 13.0. The first kappa shape index (κ1) is 10.6. The van der Waals surface area contributed by atoms with Crippen molar-refractivity contribution < 1.29 is 4.39 Å². The van der Waals surface area contributed by atoms with E-state index in [1.54, 1.807) is 16.9 Å². The van der Waals surface area contributed by atoms with Gasteiger partial charge in [0.25, 0.3) is 0 Å². The van der Waals surface area contributed by atoms with Gasteiger partial charge < -0.3 is 5.32 Å². The molecule has 0 bridgehead atoms. The normalized spacial score (nSPS) is 10.4. The van der Waals surface area contributed by atoms with Gasteiger partial charge in [0.05, 0.1) is 18.4 Å². The highest BCUT2D eigenvalue weighted by atomic mass is 19.1. The summed E-state index contributed by atoms with van der Waals surface area (Å²) in [4.78, 5) is 0. The third kappa shape index (κ3) is 2.18. The smallest absolute Gasteiger partial charge is 0.125 e. The minimum Gasteiger partial charge on any atom is -0.379 e. The van der Waals surface area contributed by atoms with E-state index in [1.165, 1.54) is 12.1 Å². The van der Waals surface area contributed by atoms with E-state index in [0.29, 0.717) is 6.54 Å². The van der Waals surface area contributed by atoms with Gasteiger partial charge in [-0.1, -0.05) is 11.3 Å². The van der Waals surface area contributed by atoms with Crippen molar-refractivity contribution in [2.24, 2.45) is 7.05 Å². The molecule has 0 radical (unpaired) electrons. The zero-order chi connectivity index (χ0) is 11.5. The Morgan fingerprint density at radius 3 is 2.94 bits per heavy atom. The molecular weight excluding hydrogens is 207 g/mol. The average Bonchev–Trinajstić information content (AvgIpc) is 2.66. The SMILES string of the molecule is Cc1ccc(F)cc1NCc1cnnn1C. The van der Waals surface area contributed by atoms with Gasteiger partial charge in [-0.3, -0.25) is 4.68 Å². The predicted molar refractivity (Wildman–Crippen MR) is 59.5 cm³/mol. The average molecular weight is 220 g/mol. The first-order valence-electron chi connectivity index (χ1n) is 5.00. The Morgan fingerprint density at radius 1 is 1.44 bits per heavy atom. The molecular formula is C11H13FN4. The Labute approximate surface area is 93.1 Å². The van der Waals surface area contributed by atoms with Crippen LogP contribution in [0, 0.1) is 12.7 Å². The lowest BCUT2D eigenvalue weighted by Crippen LogP contribution is -2.06. The van der Waals surface area contributed by atoms with Gasteiger partial charge in [-0.15, -0.1) is 5.10 Å². The number of nitrogens with zero attached hydrogens (tertiary/aromatic N) is 3. The van der Waals surface area contributed by atoms with Gasteiger partial charge in [0, 0.05) is 12.7 Å². The predicted octanol–water partition coefficient (Wildman–Crippen LogP) is 1.87. The lowest BCUT2D eigenvalue weighted by molar-refractivity contribution is 0.627. The van der Waals surface area contributed by atoms with Crippen molar-refractivity contribution in [3.63, 3.8) is 0 Å². The summed E-state index contributed by atoms with van der Waals surface area (Å²) < 4.78 is 14.7. The molecule has 0 amide bonds. The van der Waals surface area contributed by atoms with E-state index < -0.39 is 0 Å². The summed E-state index contributed by atoms with van der Waals surface area (Å²) in [7, 11) is 1.82. The molecule has 0 aliphatic rings. The number of benzene rings is 1. The number of anilines is 1. The summed E-state index contributed by atoms with van der Waals surface area (Å²) in [6.45, 7) is 2.51. The van der Waals surface area contributed by atoms with Crippen LogP contribution in [-0.2, 0) is 13.6 Å². The molecule has 16 heavy (non-hydrogen) atoms. The topological polar surface area (TPSA) is 42.7 Å². The quantitative estimate of drug-likeness (QED) is 0.858. The van der Waals surface area contributed by atoms with Crippen LogP contribution in [0.4, 0.5) is 10.1 Å². The van der Waals surface area contributed by atoms with Gasteiger partial charge in [0.15, 0.2) is 0 Å². The van der Waals surface area contributed by atoms with Crippen LogP contribution in [0.15, 0.2) is 24.4 Å². The van der Waals surface area contributed by atoms with Crippen LogP contribution >= 0.6 is 0 Å². The molecule has 1 aromatic carbocycles. The number of nitrogens with one attached hydrogen (secondary N) is 1. The summed E-state index contributed by atoms with van der Waals surface area (Å²) >= 11 is 0. The number of aromatic nitrogens is 3. The maximum atomic E-state index is 13.0. The monoisotopic (exact) mass is 220 g/mol. The number of hydrogen-bond donors (Lipinski definition) is 1. The van der Waals surface area contributed by atoms with Gasteiger partial charge in [0.2, 0.25) is 0 Å². The minimum absolute atomic E-state index is 0.240. The molecule has 5 heteroatoms. The molecule has 1 heterocycles. The number of halogens is 1. The van der Waals surface area contributed by atoms with Gasteiger partial charge in [-0.05, 0) is 24.6 Å². The Balaban J connectivity index is 2.10. The lowest BCUT2D eigenvalue weighted by Gasteiger charge is -2.09. The van der Waals surface area contributed by atoms with Crippen LogP contribution in [0.1, 0.15) is 11.3 Å². The van der Waals surface area contributed by atoms with Crippen molar-refractivity contribution in [2.75, 3.05) is 5.32 Å². The molecule has 2 rings (SSSR count). The van der Waals surface area contributed by atoms with E-state index in [2.05, 4.69) is 15.6 Å². The molecule has 1 N–H and O–H groups in total. The summed E-state index contributed by atoms with van der Waals surface area (Å²) in [6.07, 6.45) is 1.68. The van der Waals surface area contributed by atoms with Crippen LogP contribution in [0.25, 0.3) is 0 Å². The van der Waals surface area contributed by atoms with E-state index in [1.807, 2.05) is 14.0 Å². The van der Waals surface area contributed by atoms with Gasteiger partial charge >= 0.3 is 0 Å². The molecule has 0 fully saturated rings. The number of aryl methyl sites for hydroxylation is 2. The second kappa shape index (κ2) is 4.30. The van der Waals surface area contributed by atoms with Gasteiger partial charge in [-0.2, -0.15) is 0 Å².